The lowest BCUT2D eigenvalue weighted by atomic mass is 10.2. The first kappa shape index (κ1) is 13.9. The molecule has 0 aliphatic carbocycles. The molecule has 0 saturated heterocycles. The highest BCUT2D eigenvalue weighted by Crippen LogP contribution is 2.35. The van der Waals surface area contributed by atoms with E-state index in [1.807, 2.05) is 16.8 Å². The molecule has 1 aromatic carbocycles. The van der Waals surface area contributed by atoms with Crippen molar-refractivity contribution in [2.75, 3.05) is 0 Å². The number of aliphatic carboxylic acids is 1. The third kappa shape index (κ3) is 3.01. The van der Waals surface area contributed by atoms with Crippen LogP contribution in [0.2, 0.25) is 0 Å². The van der Waals surface area contributed by atoms with Crippen molar-refractivity contribution in [1.82, 2.24) is 4.98 Å². The van der Waals surface area contributed by atoms with Crippen LogP contribution in [0, 0.1) is 5.82 Å². The Morgan fingerprint density at radius 1 is 1.19 bits per heavy atom. The van der Waals surface area contributed by atoms with Gasteiger partial charge in [-0.1, -0.05) is 0 Å². The summed E-state index contributed by atoms with van der Waals surface area (Å²) in [5.41, 5.74) is 2.40. The fraction of sp³-hybridized carbons (Fsp3) is 0.0667. The lowest BCUT2D eigenvalue weighted by Crippen LogP contribution is -1.99. The average molecular weight is 319 g/mol. The Morgan fingerprint density at radius 2 is 1.95 bits per heavy atom. The number of thiophene rings is 1. The Labute approximate surface area is 128 Å². The third-order valence-electron chi connectivity index (χ3n) is 2.89. The van der Waals surface area contributed by atoms with E-state index in [-0.39, 0.29) is 12.2 Å². The number of rotatable bonds is 4. The molecule has 1 N–H and O–H groups in total. The van der Waals surface area contributed by atoms with Crippen LogP contribution in [0.5, 0.6) is 0 Å². The summed E-state index contributed by atoms with van der Waals surface area (Å²) in [6.07, 6.45) is -0.0654. The number of benzene rings is 1. The number of carboxylic acid groups (broad SMARTS) is 1. The van der Waals surface area contributed by atoms with Crippen LogP contribution in [0.1, 0.15) is 4.88 Å². The van der Waals surface area contributed by atoms with E-state index in [1.54, 1.807) is 12.1 Å². The van der Waals surface area contributed by atoms with Crippen LogP contribution < -0.4 is 0 Å². The minimum absolute atomic E-state index is 0.0654. The van der Waals surface area contributed by atoms with E-state index in [9.17, 15) is 9.18 Å². The number of carboxylic acids is 1. The molecular weight excluding hydrogens is 309 g/mol. The second-order valence-corrected chi connectivity index (χ2v) is 6.24. The van der Waals surface area contributed by atoms with E-state index >= 15 is 0 Å². The molecular formula is C15H10FNO2S2. The van der Waals surface area contributed by atoms with Crippen LogP contribution in [0.4, 0.5) is 4.39 Å². The van der Waals surface area contributed by atoms with Crippen LogP contribution in [0.25, 0.3) is 21.8 Å². The summed E-state index contributed by atoms with van der Waals surface area (Å²) in [6, 6.07) is 7.96. The Kier molecular flexibility index (Phi) is 3.81. The van der Waals surface area contributed by atoms with Gasteiger partial charge in [0.1, 0.15) is 10.8 Å². The molecule has 0 saturated carbocycles. The molecule has 0 radical (unpaired) electrons. The van der Waals surface area contributed by atoms with Gasteiger partial charge < -0.3 is 5.11 Å². The molecule has 106 valence electrons. The van der Waals surface area contributed by atoms with Crippen molar-refractivity contribution >= 4 is 28.6 Å². The van der Waals surface area contributed by atoms with Crippen molar-refractivity contribution < 1.29 is 14.3 Å². The van der Waals surface area contributed by atoms with E-state index in [0.717, 1.165) is 11.1 Å². The van der Waals surface area contributed by atoms with Crippen LogP contribution >= 0.6 is 22.7 Å². The van der Waals surface area contributed by atoms with E-state index < -0.39 is 5.97 Å². The fourth-order valence-electron chi connectivity index (χ4n) is 1.95. The van der Waals surface area contributed by atoms with E-state index in [0.29, 0.717) is 15.6 Å². The SMILES string of the molecule is O=C(O)Cc1sc(-c2ccc(F)cc2)nc1-c1ccsc1. The largest absolute Gasteiger partial charge is 0.481 e. The first-order valence-electron chi connectivity index (χ1n) is 6.13. The van der Waals surface area contributed by atoms with Gasteiger partial charge in [0.15, 0.2) is 0 Å². The molecule has 0 bridgehead atoms. The molecule has 0 atom stereocenters. The summed E-state index contributed by atoms with van der Waals surface area (Å²) in [6.45, 7) is 0. The van der Waals surface area contributed by atoms with Gasteiger partial charge in [0.2, 0.25) is 0 Å². The third-order valence-corrected chi connectivity index (χ3v) is 4.68. The Morgan fingerprint density at radius 3 is 2.57 bits per heavy atom. The van der Waals surface area contributed by atoms with Gasteiger partial charge in [-0.3, -0.25) is 4.79 Å². The van der Waals surface area contributed by atoms with Crippen molar-refractivity contribution in [3.8, 4) is 21.8 Å². The average Bonchev–Trinajstić information content (AvgIpc) is 3.08. The Balaban J connectivity index is 2.07. The molecule has 0 unspecified atom stereocenters. The second-order valence-electron chi connectivity index (χ2n) is 4.38. The van der Waals surface area contributed by atoms with Crippen molar-refractivity contribution in [2.45, 2.75) is 6.42 Å². The summed E-state index contributed by atoms with van der Waals surface area (Å²) in [7, 11) is 0. The van der Waals surface area contributed by atoms with Crippen molar-refractivity contribution in [1.29, 1.82) is 0 Å². The van der Waals surface area contributed by atoms with Gasteiger partial charge in [-0.25, -0.2) is 9.37 Å². The van der Waals surface area contributed by atoms with Gasteiger partial charge in [-0.2, -0.15) is 11.3 Å². The monoisotopic (exact) mass is 319 g/mol. The molecule has 2 aromatic heterocycles. The van der Waals surface area contributed by atoms with Gasteiger partial charge >= 0.3 is 5.97 Å². The van der Waals surface area contributed by atoms with Crippen LogP contribution in [0.3, 0.4) is 0 Å². The maximum absolute atomic E-state index is 13.0. The summed E-state index contributed by atoms with van der Waals surface area (Å²) < 4.78 is 13.0. The van der Waals surface area contributed by atoms with Crippen molar-refractivity contribution in [3.05, 3.63) is 51.8 Å². The summed E-state index contributed by atoms with van der Waals surface area (Å²) >= 11 is 2.87. The first-order valence-corrected chi connectivity index (χ1v) is 7.89. The smallest absolute Gasteiger partial charge is 0.308 e. The second kappa shape index (κ2) is 5.75. The number of carbonyl (C=O) groups is 1. The minimum Gasteiger partial charge on any atom is -0.481 e. The number of halogens is 1. The normalized spacial score (nSPS) is 10.7. The van der Waals surface area contributed by atoms with Gasteiger partial charge in [0.25, 0.3) is 0 Å². The lowest BCUT2D eigenvalue weighted by molar-refractivity contribution is -0.136. The Bertz CT molecular complexity index is 764. The number of hydrogen-bond donors (Lipinski definition) is 1. The molecule has 0 spiro atoms. The Hall–Kier alpha value is -2.05. The molecule has 6 heteroatoms. The minimum atomic E-state index is -0.888. The molecule has 0 aliphatic heterocycles. The van der Waals surface area contributed by atoms with Gasteiger partial charge in [0.05, 0.1) is 12.1 Å². The van der Waals surface area contributed by atoms with E-state index in [2.05, 4.69) is 4.98 Å². The topological polar surface area (TPSA) is 50.2 Å². The summed E-state index contributed by atoms with van der Waals surface area (Å²) in [4.78, 5) is 16.3. The molecule has 3 nitrogen and oxygen atoms in total. The van der Waals surface area contributed by atoms with Crippen molar-refractivity contribution in [2.24, 2.45) is 0 Å². The number of aromatic nitrogens is 1. The van der Waals surface area contributed by atoms with Crippen LogP contribution in [-0.2, 0) is 11.2 Å². The van der Waals surface area contributed by atoms with Crippen LogP contribution in [-0.4, -0.2) is 16.1 Å². The standard InChI is InChI=1S/C15H10FNO2S2/c16-11-3-1-9(2-4-11)15-17-14(10-5-6-20-8-10)12(21-15)7-13(18)19/h1-6,8H,7H2,(H,18,19). The van der Waals surface area contributed by atoms with Crippen LogP contribution in [0.15, 0.2) is 41.1 Å². The molecule has 3 rings (SSSR count). The van der Waals surface area contributed by atoms with E-state index in [1.165, 1.54) is 34.8 Å². The molecule has 0 aliphatic rings. The first-order chi connectivity index (χ1) is 10.1. The summed E-state index contributed by atoms with van der Waals surface area (Å²) in [5, 5.41) is 13.6. The zero-order chi connectivity index (χ0) is 14.8. The van der Waals surface area contributed by atoms with Gasteiger partial charge in [0, 0.05) is 21.4 Å². The van der Waals surface area contributed by atoms with Gasteiger partial charge in [-0.05, 0) is 35.7 Å². The molecule has 0 fully saturated rings. The predicted molar refractivity (Wildman–Crippen MR) is 82.2 cm³/mol. The zero-order valence-corrected chi connectivity index (χ0v) is 12.4. The molecule has 0 amide bonds. The van der Waals surface area contributed by atoms with Crippen molar-refractivity contribution in [3.63, 3.8) is 0 Å². The lowest BCUT2D eigenvalue weighted by Gasteiger charge is -1.95. The highest BCUT2D eigenvalue weighted by Gasteiger charge is 2.17. The molecule has 3 aromatic rings. The quantitative estimate of drug-likeness (QED) is 0.780. The predicted octanol–water partition coefficient (Wildman–Crippen LogP) is 4.30. The van der Waals surface area contributed by atoms with Gasteiger partial charge in [-0.15, -0.1) is 11.3 Å². The maximum atomic E-state index is 13.0. The number of nitrogens with zero attached hydrogens (tertiary/aromatic N) is 1. The summed E-state index contributed by atoms with van der Waals surface area (Å²) in [5.74, 6) is -1.19. The highest BCUT2D eigenvalue weighted by molar-refractivity contribution is 7.15. The fourth-order valence-corrected chi connectivity index (χ4v) is 3.67. The molecule has 2 heterocycles. The van der Waals surface area contributed by atoms with E-state index in [4.69, 9.17) is 5.11 Å². The molecule has 21 heavy (non-hydrogen) atoms. The maximum Gasteiger partial charge on any atom is 0.308 e. The number of thiazole rings is 1. The zero-order valence-electron chi connectivity index (χ0n) is 10.7. The number of hydrogen-bond acceptors (Lipinski definition) is 4. The highest BCUT2D eigenvalue weighted by atomic mass is 32.1.